The first-order valence-corrected chi connectivity index (χ1v) is 8.57. The van der Waals surface area contributed by atoms with Crippen molar-refractivity contribution in [2.45, 2.75) is 25.3 Å². The highest BCUT2D eigenvalue weighted by atomic mass is 16.4. The highest BCUT2D eigenvalue weighted by molar-refractivity contribution is 5.98. The van der Waals surface area contributed by atoms with E-state index in [0.717, 1.165) is 22.4 Å². The molecule has 1 aliphatic carbocycles. The lowest BCUT2D eigenvalue weighted by Crippen LogP contribution is -2.55. The summed E-state index contributed by atoms with van der Waals surface area (Å²) in [6.07, 6.45) is 3.58. The van der Waals surface area contributed by atoms with Gasteiger partial charge in [0.1, 0.15) is 18.2 Å². The number of carboxylic acids is 1. The van der Waals surface area contributed by atoms with Gasteiger partial charge in [-0.15, -0.1) is 0 Å². The van der Waals surface area contributed by atoms with Crippen LogP contribution >= 0.6 is 0 Å². The van der Waals surface area contributed by atoms with Gasteiger partial charge in [-0.3, -0.25) is 4.79 Å². The predicted molar refractivity (Wildman–Crippen MR) is 97.8 cm³/mol. The first kappa shape index (κ1) is 17.0. The van der Waals surface area contributed by atoms with Crippen LogP contribution in [0.3, 0.4) is 0 Å². The number of nitrogens with zero attached hydrogens (tertiary/aromatic N) is 3. The maximum atomic E-state index is 12.8. The SMILES string of the molecule is Cc1cc(C(=O)NC2(C(=O)O)Cc3ccccc3C2)ccc1-n1cncn1. The van der Waals surface area contributed by atoms with Crippen LogP contribution in [0.15, 0.2) is 55.1 Å². The summed E-state index contributed by atoms with van der Waals surface area (Å²) in [7, 11) is 0. The van der Waals surface area contributed by atoms with Gasteiger partial charge in [-0.05, 0) is 41.8 Å². The van der Waals surface area contributed by atoms with Crippen LogP contribution in [0.4, 0.5) is 0 Å². The Labute approximate surface area is 155 Å². The minimum Gasteiger partial charge on any atom is -0.479 e. The Morgan fingerprint density at radius 3 is 2.41 bits per heavy atom. The lowest BCUT2D eigenvalue weighted by Gasteiger charge is -2.25. The van der Waals surface area contributed by atoms with Gasteiger partial charge in [0, 0.05) is 18.4 Å². The summed E-state index contributed by atoms with van der Waals surface area (Å²) in [4.78, 5) is 28.7. The topological polar surface area (TPSA) is 97.1 Å². The van der Waals surface area contributed by atoms with Crippen molar-refractivity contribution in [1.29, 1.82) is 0 Å². The van der Waals surface area contributed by atoms with Crippen LogP contribution in [-0.2, 0) is 17.6 Å². The predicted octanol–water partition coefficient (Wildman–Crippen LogP) is 1.93. The quantitative estimate of drug-likeness (QED) is 0.739. The number of nitrogens with one attached hydrogen (secondary N) is 1. The molecule has 4 rings (SSSR count). The minimum atomic E-state index is -1.32. The number of aromatic nitrogens is 3. The summed E-state index contributed by atoms with van der Waals surface area (Å²) in [5, 5.41) is 16.7. The number of hydrogen-bond donors (Lipinski definition) is 2. The fraction of sp³-hybridized carbons (Fsp3) is 0.200. The molecule has 2 N–H and O–H groups in total. The first-order valence-electron chi connectivity index (χ1n) is 8.57. The van der Waals surface area contributed by atoms with Crippen molar-refractivity contribution in [2.75, 3.05) is 0 Å². The number of amides is 1. The van der Waals surface area contributed by atoms with Gasteiger partial charge in [0.05, 0.1) is 5.69 Å². The van der Waals surface area contributed by atoms with E-state index in [4.69, 9.17) is 0 Å². The molecule has 0 bridgehead atoms. The van der Waals surface area contributed by atoms with Gasteiger partial charge in [0.25, 0.3) is 5.91 Å². The van der Waals surface area contributed by atoms with Gasteiger partial charge in [0.15, 0.2) is 0 Å². The van der Waals surface area contributed by atoms with Gasteiger partial charge in [0.2, 0.25) is 0 Å². The van der Waals surface area contributed by atoms with Crippen molar-refractivity contribution < 1.29 is 14.7 Å². The molecular weight excluding hydrogens is 344 g/mol. The average molecular weight is 362 g/mol. The summed E-state index contributed by atoms with van der Waals surface area (Å²) >= 11 is 0. The Kier molecular flexibility index (Phi) is 3.99. The molecule has 27 heavy (non-hydrogen) atoms. The molecule has 0 aliphatic heterocycles. The van der Waals surface area contributed by atoms with Crippen molar-refractivity contribution in [3.8, 4) is 5.69 Å². The summed E-state index contributed by atoms with van der Waals surface area (Å²) in [6, 6.07) is 12.7. The molecule has 1 amide bonds. The Balaban J connectivity index is 1.60. The fourth-order valence-corrected chi connectivity index (χ4v) is 3.58. The Morgan fingerprint density at radius 2 is 1.85 bits per heavy atom. The van der Waals surface area contributed by atoms with Crippen molar-refractivity contribution in [2.24, 2.45) is 0 Å². The summed E-state index contributed by atoms with van der Waals surface area (Å²) in [5.41, 5.74) is 2.65. The number of aliphatic carboxylic acids is 1. The van der Waals surface area contributed by atoms with Crippen LogP contribution < -0.4 is 5.32 Å². The third kappa shape index (κ3) is 2.97. The number of carbonyl (C=O) groups excluding carboxylic acids is 1. The van der Waals surface area contributed by atoms with Gasteiger partial charge in [-0.1, -0.05) is 24.3 Å². The smallest absolute Gasteiger partial charge is 0.330 e. The van der Waals surface area contributed by atoms with Crippen LogP contribution in [0.5, 0.6) is 0 Å². The molecule has 7 nitrogen and oxygen atoms in total. The normalized spacial score (nSPS) is 14.6. The van der Waals surface area contributed by atoms with E-state index in [0.29, 0.717) is 5.56 Å². The molecule has 0 spiro atoms. The largest absolute Gasteiger partial charge is 0.479 e. The molecule has 2 aromatic carbocycles. The number of fused-ring (bicyclic) bond motifs is 1. The number of carbonyl (C=O) groups is 2. The van der Waals surface area contributed by atoms with E-state index in [2.05, 4.69) is 15.4 Å². The molecule has 0 saturated carbocycles. The molecule has 0 atom stereocenters. The number of benzene rings is 2. The molecule has 0 fully saturated rings. The maximum absolute atomic E-state index is 12.8. The molecule has 1 heterocycles. The lowest BCUT2D eigenvalue weighted by atomic mass is 9.95. The molecule has 0 unspecified atom stereocenters. The number of hydrogen-bond acceptors (Lipinski definition) is 4. The third-order valence-corrected chi connectivity index (χ3v) is 4.99. The van der Waals surface area contributed by atoms with Gasteiger partial charge >= 0.3 is 5.97 Å². The molecule has 1 aromatic heterocycles. The molecular formula is C20H18N4O3. The van der Waals surface area contributed by atoms with Crippen molar-refractivity contribution >= 4 is 11.9 Å². The van der Waals surface area contributed by atoms with Crippen LogP contribution in [0.25, 0.3) is 5.69 Å². The lowest BCUT2D eigenvalue weighted by molar-refractivity contribution is -0.144. The number of carboxylic acid groups (broad SMARTS) is 1. The minimum absolute atomic E-state index is 0.278. The van der Waals surface area contributed by atoms with Gasteiger partial charge < -0.3 is 10.4 Å². The van der Waals surface area contributed by atoms with E-state index in [9.17, 15) is 14.7 Å². The van der Waals surface area contributed by atoms with E-state index in [1.807, 2.05) is 31.2 Å². The zero-order valence-corrected chi connectivity index (χ0v) is 14.7. The zero-order chi connectivity index (χ0) is 19.0. The van der Waals surface area contributed by atoms with E-state index in [1.54, 1.807) is 29.2 Å². The van der Waals surface area contributed by atoms with E-state index in [-0.39, 0.29) is 12.8 Å². The molecule has 3 aromatic rings. The average Bonchev–Trinajstić information content (AvgIpc) is 3.29. The second-order valence-corrected chi connectivity index (χ2v) is 6.80. The van der Waals surface area contributed by atoms with Crippen molar-refractivity contribution in [3.05, 3.63) is 77.4 Å². The van der Waals surface area contributed by atoms with E-state index < -0.39 is 17.4 Å². The Bertz CT molecular complexity index is 1000. The Hall–Kier alpha value is -3.48. The molecule has 136 valence electrons. The zero-order valence-electron chi connectivity index (χ0n) is 14.7. The maximum Gasteiger partial charge on any atom is 0.330 e. The molecule has 7 heteroatoms. The van der Waals surface area contributed by atoms with Crippen molar-refractivity contribution in [1.82, 2.24) is 20.1 Å². The Morgan fingerprint density at radius 1 is 1.15 bits per heavy atom. The second kappa shape index (κ2) is 6.35. The molecule has 1 aliphatic rings. The van der Waals surface area contributed by atoms with E-state index in [1.165, 1.54) is 6.33 Å². The summed E-state index contributed by atoms with van der Waals surface area (Å²) in [6.45, 7) is 1.87. The highest BCUT2D eigenvalue weighted by Gasteiger charge is 2.45. The molecule has 0 radical (unpaired) electrons. The fourth-order valence-electron chi connectivity index (χ4n) is 3.58. The monoisotopic (exact) mass is 362 g/mol. The number of rotatable bonds is 4. The van der Waals surface area contributed by atoms with Gasteiger partial charge in [-0.2, -0.15) is 5.10 Å². The number of aryl methyl sites for hydroxylation is 1. The van der Waals surface area contributed by atoms with Gasteiger partial charge in [-0.25, -0.2) is 14.5 Å². The third-order valence-electron chi connectivity index (χ3n) is 4.99. The van der Waals surface area contributed by atoms with Crippen LogP contribution in [0, 0.1) is 6.92 Å². The highest BCUT2D eigenvalue weighted by Crippen LogP contribution is 2.31. The van der Waals surface area contributed by atoms with E-state index >= 15 is 0 Å². The summed E-state index contributed by atoms with van der Waals surface area (Å²) < 4.78 is 1.61. The first-order chi connectivity index (χ1) is 13.0. The summed E-state index contributed by atoms with van der Waals surface area (Å²) in [5.74, 6) is -1.43. The van der Waals surface area contributed by atoms with Crippen LogP contribution in [0.1, 0.15) is 27.0 Å². The van der Waals surface area contributed by atoms with Crippen LogP contribution in [-0.4, -0.2) is 37.3 Å². The standard InChI is InChI=1S/C20H18N4O3/c1-13-8-14(6-7-17(13)24-12-21-11-22-24)18(25)23-20(19(26)27)9-15-4-2-3-5-16(15)10-20/h2-8,11-12H,9-10H2,1H3,(H,23,25)(H,26,27). The molecule has 0 saturated heterocycles. The second-order valence-electron chi connectivity index (χ2n) is 6.80. The van der Waals surface area contributed by atoms with Crippen LogP contribution in [0.2, 0.25) is 0 Å². The van der Waals surface area contributed by atoms with Crippen molar-refractivity contribution in [3.63, 3.8) is 0 Å².